The van der Waals surface area contributed by atoms with Crippen molar-refractivity contribution in [2.75, 3.05) is 0 Å². The lowest BCUT2D eigenvalue weighted by Crippen LogP contribution is -1.52. The summed E-state index contributed by atoms with van der Waals surface area (Å²) in [5.41, 5.74) is 1.87. The fourth-order valence-electron chi connectivity index (χ4n) is 0.755. The molecule has 0 saturated carbocycles. The van der Waals surface area contributed by atoms with E-state index in [1.165, 1.54) is 0 Å². The van der Waals surface area contributed by atoms with Crippen LogP contribution in [0.1, 0.15) is 0 Å². The standard InChI is InChI=1S/C6H3BrO/c7-5-3-4-1-2-6(5)8-4/h1-3H. The van der Waals surface area contributed by atoms with Crippen molar-refractivity contribution in [2.45, 2.75) is 0 Å². The van der Waals surface area contributed by atoms with Crippen LogP contribution in [0.3, 0.4) is 0 Å². The fourth-order valence-corrected chi connectivity index (χ4v) is 1.19. The Hall–Kier alpha value is -0.500. The third kappa shape index (κ3) is 0.409. The second-order valence-corrected chi connectivity index (χ2v) is 2.55. The second kappa shape index (κ2) is 1.26. The average Bonchev–Trinajstić information content (AvgIpc) is 2.23. The van der Waals surface area contributed by atoms with Crippen molar-refractivity contribution in [3.05, 3.63) is 22.7 Å². The number of hydrogen-bond acceptors (Lipinski definition) is 1. The molecule has 2 rings (SSSR count). The Bertz CT molecular complexity index is 286. The van der Waals surface area contributed by atoms with E-state index >= 15 is 0 Å². The molecular weight excluding hydrogens is 168 g/mol. The molecular formula is C6H3BrO. The Kier molecular flexibility index (Phi) is 0.690. The van der Waals surface area contributed by atoms with Crippen LogP contribution >= 0.6 is 15.9 Å². The Morgan fingerprint density at radius 2 is 2.25 bits per heavy atom. The van der Waals surface area contributed by atoms with E-state index in [0.29, 0.717) is 0 Å². The van der Waals surface area contributed by atoms with Gasteiger partial charge in [-0.25, -0.2) is 0 Å². The lowest BCUT2D eigenvalue weighted by atomic mass is 10.4. The Labute approximate surface area is 54.8 Å². The summed E-state index contributed by atoms with van der Waals surface area (Å²) in [4.78, 5) is 0. The van der Waals surface area contributed by atoms with Crippen molar-refractivity contribution in [1.29, 1.82) is 0 Å². The minimum Gasteiger partial charge on any atom is -0.456 e. The Balaban J connectivity index is 3.02. The molecule has 0 unspecified atom stereocenters. The SMILES string of the molecule is Brc1cc2ccc1o2. The summed E-state index contributed by atoms with van der Waals surface area (Å²) in [6, 6.07) is 5.84. The van der Waals surface area contributed by atoms with Crippen molar-refractivity contribution < 1.29 is 4.42 Å². The summed E-state index contributed by atoms with van der Waals surface area (Å²) in [5.74, 6) is 0. The number of fused-ring (bicyclic) bond motifs is 2. The van der Waals surface area contributed by atoms with Gasteiger partial charge in [0, 0.05) is 0 Å². The highest BCUT2D eigenvalue weighted by Gasteiger charge is 2.00. The van der Waals surface area contributed by atoms with Crippen LogP contribution in [0.25, 0.3) is 11.2 Å². The molecule has 0 amide bonds. The van der Waals surface area contributed by atoms with Crippen LogP contribution in [-0.2, 0) is 0 Å². The molecule has 2 heterocycles. The van der Waals surface area contributed by atoms with Crippen molar-refractivity contribution in [1.82, 2.24) is 0 Å². The van der Waals surface area contributed by atoms with E-state index in [4.69, 9.17) is 4.42 Å². The third-order valence-electron chi connectivity index (χ3n) is 1.13. The summed E-state index contributed by atoms with van der Waals surface area (Å²) in [6.45, 7) is 0. The van der Waals surface area contributed by atoms with E-state index < -0.39 is 0 Å². The molecule has 40 valence electrons. The lowest BCUT2D eigenvalue weighted by molar-refractivity contribution is 0.674. The molecule has 0 atom stereocenters. The van der Waals surface area contributed by atoms with Gasteiger partial charge in [0.25, 0.3) is 0 Å². The highest BCUT2D eigenvalue weighted by Crippen LogP contribution is 2.26. The van der Waals surface area contributed by atoms with Gasteiger partial charge in [0.15, 0.2) is 0 Å². The van der Waals surface area contributed by atoms with E-state index in [2.05, 4.69) is 15.9 Å². The number of benzene rings is 1. The third-order valence-corrected chi connectivity index (χ3v) is 1.75. The van der Waals surface area contributed by atoms with Gasteiger partial charge >= 0.3 is 0 Å². The zero-order valence-electron chi connectivity index (χ0n) is 4.02. The summed E-state index contributed by atoms with van der Waals surface area (Å²) >= 11 is 3.32. The van der Waals surface area contributed by atoms with Gasteiger partial charge in [-0.15, -0.1) is 0 Å². The molecule has 0 N–H and O–H groups in total. The van der Waals surface area contributed by atoms with Gasteiger partial charge in [0.2, 0.25) is 0 Å². The topological polar surface area (TPSA) is 13.1 Å². The molecule has 0 spiro atoms. The van der Waals surface area contributed by atoms with Crippen molar-refractivity contribution >= 4 is 27.1 Å². The van der Waals surface area contributed by atoms with E-state index in [9.17, 15) is 0 Å². The van der Waals surface area contributed by atoms with Crippen molar-refractivity contribution in [2.24, 2.45) is 0 Å². The van der Waals surface area contributed by atoms with Gasteiger partial charge in [-0.1, -0.05) is 0 Å². The van der Waals surface area contributed by atoms with Gasteiger partial charge in [-0.05, 0) is 34.1 Å². The van der Waals surface area contributed by atoms with Gasteiger partial charge in [0.05, 0.1) is 4.47 Å². The fraction of sp³-hybridized carbons (Fsp3) is 0. The summed E-state index contributed by atoms with van der Waals surface area (Å²) in [5, 5.41) is 0. The van der Waals surface area contributed by atoms with E-state index in [-0.39, 0.29) is 0 Å². The van der Waals surface area contributed by atoms with Crippen molar-refractivity contribution in [3.8, 4) is 0 Å². The molecule has 0 fully saturated rings. The maximum Gasteiger partial charge on any atom is 0.141 e. The number of rotatable bonds is 0. The summed E-state index contributed by atoms with van der Waals surface area (Å²) in [6.07, 6.45) is 0. The zero-order chi connectivity index (χ0) is 5.56. The zero-order valence-corrected chi connectivity index (χ0v) is 5.60. The molecule has 2 aromatic heterocycles. The number of halogens is 1. The largest absolute Gasteiger partial charge is 0.456 e. The number of furan rings is 2. The van der Waals surface area contributed by atoms with E-state index in [0.717, 1.165) is 15.6 Å². The highest BCUT2D eigenvalue weighted by molar-refractivity contribution is 9.10. The van der Waals surface area contributed by atoms with Crippen LogP contribution in [0.5, 0.6) is 0 Å². The van der Waals surface area contributed by atoms with E-state index in [1.807, 2.05) is 18.2 Å². The van der Waals surface area contributed by atoms with Crippen LogP contribution in [0.4, 0.5) is 0 Å². The Morgan fingerprint density at radius 3 is 2.50 bits per heavy atom. The monoisotopic (exact) mass is 170 g/mol. The first-order valence-corrected chi connectivity index (χ1v) is 3.13. The predicted molar refractivity (Wildman–Crippen MR) is 35.1 cm³/mol. The van der Waals surface area contributed by atoms with Gasteiger partial charge in [-0.2, -0.15) is 0 Å². The normalized spacial score (nSPS) is 11.1. The Morgan fingerprint density at radius 1 is 1.38 bits per heavy atom. The minimum absolute atomic E-state index is 0.931. The quantitative estimate of drug-likeness (QED) is 0.593. The van der Waals surface area contributed by atoms with Gasteiger partial charge in [0.1, 0.15) is 11.2 Å². The van der Waals surface area contributed by atoms with Crippen LogP contribution in [0.2, 0.25) is 0 Å². The van der Waals surface area contributed by atoms with Crippen LogP contribution in [0.15, 0.2) is 27.1 Å². The molecule has 0 radical (unpaired) electrons. The summed E-state index contributed by atoms with van der Waals surface area (Å²) < 4.78 is 6.22. The first-order valence-electron chi connectivity index (χ1n) is 2.34. The second-order valence-electron chi connectivity index (χ2n) is 1.69. The predicted octanol–water partition coefficient (Wildman–Crippen LogP) is 2.63. The molecule has 2 aromatic rings. The van der Waals surface area contributed by atoms with Gasteiger partial charge < -0.3 is 4.42 Å². The highest BCUT2D eigenvalue weighted by atomic mass is 79.9. The minimum atomic E-state index is 0.931. The first-order chi connectivity index (χ1) is 3.86. The molecule has 0 aromatic carbocycles. The lowest BCUT2D eigenvalue weighted by Gasteiger charge is -1.73. The van der Waals surface area contributed by atoms with Gasteiger partial charge in [-0.3, -0.25) is 0 Å². The van der Waals surface area contributed by atoms with Crippen LogP contribution in [-0.4, -0.2) is 0 Å². The molecule has 0 aliphatic rings. The van der Waals surface area contributed by atoms with E-state index in [1.54, 1.807) is 0 Å². The van der Waals surface area contributed by atoms with Crippen LogP contribution < -0.4 is 0 Å². The molecule has 0 aliphatic heterocycles. The summed E-state index contributed by atoms with van der Waals surface area (Å²) in [7, 11) is 0. The first kappa shape index (κ1) is 4.39. The molecule has 0 aliphatic carbocycles. The molecule has 8 heavy (non-hydrogen) atoms. The smallest absolute Gasteiger partial charge is 0.141 e. The van der Waals surface area contributed by atoms with Crippen LogP contribution in [0, 0.1) is 0 Å². The maximum absolute atomic E-state index is 5.17. The average molecular weight is 171 g/mol. The number of hydrogen-bond donors (Lipinski definition) is 0. The molecule has 2 bridgehead atoms. The van der Waals surface area contributed by atoms with Crippen molar-refractivity contribution in [3.63, 3.8) is 0 Å². The molecule has 1 nitrogen and oxygen atoms in total. The maximum atomic E-state index is 5.17. The molecule has 2 heteroatoms. The molecule has 0 saturated heterocycles.